The minimum absolute atomic E-state index is 0.539. The van der Waals surface area contributed by atoms with Gasteiger partial charge in [-0.3, -0.25) is 0 Å². The van der Waals surface area contributed by atoms with Gasteiger partial charge in [-0.2, -0.15) is 4.94 Å². The summed E-state index contributed by atoms with van der Waals surface area (Å²) in [6, 6.07) is 0. The van der Waals surface area contributed by atoms with E-state index < -0.39 is 6.29 Å². The molecule has 0 N–H and O–H groups in total. The first-order valence-electron chi connectivity index (χ1n) is 5.58. The fourth-order valence-corrected chi connectivity index (χ4v) is 2.07. The van der Waals surface area contributed by atoms with E-state index in [0.29, 0.717) is 18.4 Å². The van der Waals surface area contributed by atoms with Crippen molar-refractivity contribution >= 4 is 0 Å². The standard InChI is InChI=1S/C12H19FO2/c1-3-4-11-5-7-12(8-6-11)9-14-10(2)15-13/h1,10-12H,4-9H2,2H3. The van der Waals surface area contributed by atoms with Crippen molar-refractivity contribution in [3.05, 3.63) is 0 Å². The summed E-state index contributed by atoms with van der Waals surface area (Å²) in [6.07, 6.45) is 10.0. The smallest absolute Gasteiger partial charge is 0.193 e. The third kappa shape index (κ3) is 4.63. The molecule has 15 heavy (non-hydrogen) atoms. The van der Waals surface area contributed by atoms with Crippen LogP contribution in [0.3, 0.4) is 0 Å². The van der Waals surface area contributed by atoms with Crippen molar-refractivity contribution in [1.29, 1.82) is 0 Å². The molecule has 1 aliphatic carbocycles. The molecule has 2 nitrogen and oxygen atoms in total. The topological polar surface area (TPSA) is 18.5 Å². The first-order valence-corrected chi connectivity index (χ1v) is 5.58. The van der Waals surface area contributed by atoms with E-state index in [4.69, 9.17) is 11.2 Å². The maximum absolute atomic E-state index is 11.7. The molecule has 0 aromatic heterocycles. The fraction of sp³-hybridized carbons (Fsp3) is 0.833. The molecule has 86 valence electrons. The van der Waals surface area contributed by atoms with Gasteiger partial charge in [-0.15, -0.1) is 12.3 Å². The third-order valence-corrected chi connectivity index (χ3v) is 3.06. The summed E-state index contributed by atoms with van der Waals surface area (Å²) in [6.45, 7) is 2.15. The summed E-state index contributed by atoms with van der Waals surface area (Å²) >= 11 is 0. The Morgan fingerprint density at radius 1 is 1.33 bits per heavy atom. The molecule has 1 fully saturated rings. The second-order valence-electron chi connectivity index (χ2n) is 4.29. The van der Waals surface area contributed by atoms with Gasteiger partial charge in [-0.05, 0) is 49.0 Å². The molecule has 0 saturated heterocycles. The Balaban J connectivity index is 2.12. The normalized spacial score (nSPS) is 28.3. The summed E-state index contributed by atoms with van der Waals surface area (Å²) in [4.78, 5) is 3.55. The van der Waals surface area contributed by atoms with Crippen molar-refractivity contribution in [3.63, 3.8) is 0 Å². The molecule has 0 heterocycles. The molecule has 0 aromatic rings. The molecular weight excluding hydrogens is 195 g/mol. The van der Waals surface area contributed by atoms with Crippen LogP contribution >= 0.6 is 0 Å². The van der Waals surface area contributed by atoms with Gasteiger partial charge < -0.3 is 4.74 Å². The minimum atomic E-state index is -0.742. The van der Waals surface area contributed by atoms with Crippen molar-refractivity contribution < 1.29 is 14.2 Å². The van der Waals surface area contributed by atoms with Crippen LogP contribution in [0.1, 0.15) is 39.0 Å². The van der Waals surface area contributed by atoms with Gasteiger partial charge in [-0.25, -0.2) is 0 Å². The zero-order valence-corrected chi connectivity index (χ0v) is 9.25. The highest BCUT2D eigenvalue weighted by molar-refractivity contribution is 4.88. The van der Waals surface area contributed by atoms with Gasteiger partial charge in [0.15, 0.2) is 6.29 Å². The van der Waals surface area contributed by atoms with Crippen LogP contribution in [-0.4, -0.2) is 12.9 Å². The van der Waals surface area contributed by atoms with E-state index in [1.165, 1.54) is 12.8 Å². The van der Waals surface area contributed by atoms with Crippen molar-refractivity contribution in [2.45, 2.75) is 45.3 Å². The van der Waals surface area contributed by atoms with Crippen LogP contribution in [0.25, 0.3) is 0 Å². The monoisotopic (exact) mass is 214 g/mol. The van der Waals surface area contributed by atoms with E-state index in [9.17, 15) is 4.53 Å². The summed E-state index contributed by atoms with van der Waals surface area (Å²) in [5, 5.41) is 0. The molecule has 0 amide bonds. The summed E-state index contributed by atoms with van der Waals surface area (Å²) in [5.74, 6) is 3.93. The lowest BCUT2D eigenvalue weighted by atomic mass is 9.81. The number of terminal acetylenes is 1. The van der Waals surface area contributed by atoms with Crippen LogP contribution in [-0.2, 0) is 9.68 Å². The Morgan fingerprint density at radius 2 is 1.93 bits per heavy atom. The van der Waals surface area contributed by atoms with Crippen LogP contribution in [0.2, 0.25) is 0 Å². The van der Waals surface area contributed by atoms with Crippen molar-refractivity contribution in [2.24, 2.45) is 11.8 Å². The number of ether oxygens (including phenoxy) is 1. The van der Waals surface area contributed by atoms with Crippen molar-refractivity contribution in [2.75, 3.05) is 6.61 Å². The van der Waals surface area contributed by atoms with Crippen molar-refractivity contribution in [3.8, 4) is 12.3 Å². The van der Waals surface area contributed by atoms with Gasteiger partial charge in [-0.1, -0.05) is 0 Å². The highest BCUT2D eigenvalue weighted by Gasteiger charge is 2.21. The van der Waals surface area contributed by atoms with E-state index in [1.54, 1.807) is 6.92 Å². The molecule has 0 spiro atoms. The zero-order valence-electron chi connectivity index (χ0n) is 9.25. The Bertz CT molecular complexity index is 204. The average molecular weight is 214 g/mol. The second-order valence-corrected chi connectivity index (χ2v) is 4.29. The maximum Gasteiger partial charge on any atom is 0.193 e. The van der Waals surface area contributed by atoms with Gasteiger partial charge in [0.2, 0.25) is 0 Å². The first kappa shape index (κ1) is 12.5. The number of halogens is 1. The Hall–Kier alpha value is -0.590. The summed E-state index contributed by atoms with van der Waals surface area (Å²) in [7, 11) is 0. The second kappa shape index (κ2) is 6.81. The molecule has 1 atom stereocenters. The number of hydrogen-bond acceptors (Lipinski definition) is 2. The zero-order chi connectivity index (χ0) is 11.1. The minimum Gasteiger partial charge on any atom is -0.349 e. The lowest BCUT2D eigenvalue weighted by molar-refractivity contribution is -0.269. The van der Waals surface area contributed by atoms with Crippen LogP contribution < -0.4 is 0 Å². The Kier molecular flexibility index (Phi) is 5.67. The lowest BCUT2D eigenvalue weighted by Gasteiger charge is -2.27. The Labute approximate surface area is 91.0 Å². The highest BCUT2D eigenvalue weighted by atomic mass is 19.3. The molecule has 0 aliphatic heterocycles. The molecule has 0 aromatic carbocycles. The maximum atomic E-state index is 11.7. The van der Waals surface area contributed by atoms with Gasteiger partial charge in [0, 0.05) is 6.42 Å². The summed E-state index contributed by atoms with van der Waals surface area (Å²) < 4.78 is 16.8. The molecule has 1 rings (SSSR count). The van der Waals surface area contributed by atoms with Gasteiger partial charge >= 0.3 is 0 Å². The molecule has 1 saturated carbocycles. The summed E-state index contributed by atoms with van der Waals surface area (Å²) in [5.41, 5.74) is 0. The van der Waals surface area contributed by atoms with Gasteiger partial charge in [0.05, 0.1) is 6.61 Å². The largest absolute Gasteiger partial charge is 0.349 e. The third-order valence-electron chi connectivity index (χ3n) is 3.06. The van der Waals surface area contributed by atoms with Crippen LogP contribution in [0.15, 0.2) is 0 Å². The average Bonchev–Trinajstić information content (AvgIpc) is 2.28. The van der Waals surface area contributed by atoms with E-state index >= 15 is 0 Å². The van der Waals surface area contributed by atoms with E-state index in [2.05, 4.69) is 10.9 Å². The highest BCUT2D eigenvalue weighted by Crippen LogP contribution is 2.30. The molecule has 3 heteroatoms. The number of rotatable bonds is 5. The molecule has 0 radical (unpaired) electrons. The Morgan fingerprint density at radius 3 is 2.47 bits per heavy atom. The molecule has 1 aliphatic rings. The van der Waals surface area contributed by atoms with E-state index in [0.717, 1.165) is 19.3 Å². The lowest BCUT2D eigenvalue weighted by Crippen LogP contribution is -2.21. The molecule has 1 unspecified atom stereocenters. The first-order chi connectivity index (χ1) is 7.26. The predicted molar refractivity (Wildman–Crippen MR) is 56.5 cm³/mol. The SMILES string of the molecule is C#CCC1CCC(COC(C)OF)CC1. The van der Waals surface area contributed by atoms with E-state index in [1.807, 2.05) is 0 Å². The van der Waals surface area contributed by atoms with Crippen LogP contribution in [0.5, 0.6) is 0 Å². The van der Waals surface area contributed by atoms with Crippen LogP contribution in [0, 0.1) is 24.2 Å². The quantitative estimate of drug-likeness (QED) is 0.517. The van der Waals surface area contributed by atoms with Gasteiger partial charge in [0.1, 0.15) is 0 Å². The molecular formula is C12H19FO2. The van der Waals surface area contributed by atoms with Crippen LogP contribution in [0.4, 0.5) is 4.53 Å². The van der Waals surface area contributed by atoms with Gasteiger partial charge in [0.25, 0.3) is 0 Å². The van der Waals surface area contributed by atoms with Crippen molar-refractivity contribution in [1.82, 2.24) is 0 Å². The van der Waals surface area contributed by atoms with E-state index in [-0.39, 0.29) is 0 Å². The number of hydrogen-bond donors (Lipinski definition) is 0. The fourth-order valence-electron chi connectivity index (χ4n) is 2.07. The molecule has 0 bridgehead atoms. The predicted octanol–water partition coefficient (Wildman–Crippen LogP) is 3.08.